The van der Waals surface area contributed by atoms with Crippen molar-refractivity contribution in [3.63, 3.8) is 0 Å². The Morgan fingerprint density at radius 2 is 1.80 bits per heavy atom. The van der Waals surface area contributed by atoms with Crippen LogP contribution in [0.1, 0.15) is 109 Å². The SMILES string of the molecule is CC[C@H](NC(=O)[C@@H]1C[C@@](C)(NC(=O)Nc2ccc(C(C)C)cc2)c2ncc(NCc3cccc(C(F)(F)F)c3)c(=O)n21)B1O[C@@H]2C[C@@H]3C[C@@H](C3(C)C)[C@]2(C)O1. The number of rotatable bonds is 10. The second-order valence-electron chi connectivity index (χ2n) is 17.0. The fourth-order valence-electron chi connectivity index (χ4n) is 9.31. The van der Waals surface area contributed by atoms with E-state index in [0.29, 0.717) is 35.4 Å². The molecule has 1 aromatic heterocycles. The predicted octanol–water partition coefficient (Wildman–Crippen LogP) is 7.14. The second kappa shape index (κ2) is 14.0. The zero-order valence-electron chi connectivity index (χ0n) is 32.3. The molecule has 3 amide bonds. The number of nitrogens with one attached hydrogen (secondary N) is 4. The highest BCUT2D eigenvalue weighted by atomic mass is 19.4. The van der Waals surface area contributed by atoms with Crippen LogP contribution in [0.25, 0.3) is 0 Å². The van der Waals surface area contributed by atoms with Gasteiger partial charge in [0.15, 0.2) is 0 Å². The van der Waals surface area contributed by atoms with Crippen molar-refractivity contribution < 1.29 is 32.1 Å². The van der Waals surface area contributed by atoms with Gasteiger partial charge in [0.25, 0.3) is 5.56 Å². The Balaban J connectivity index is 1.14. The Bertz CT molecular complexity index is 2020. The number of alkyl halides is 3. The number of carbonyl (C=O) groups excluding carboxylic acids is 2. The third-order valence-electron chi connectivity index (χ3n) is 12.7. The number of anilines is 2. The van der Waals surface area contributed by atoms with Gasteiger partial charge in [-0.2, -0.15) is 13.2 Å². The summed E-state index contributed by atoms with van der Waals surface area (Å²) in [5, 5.41) is 11.8. The van der Waals surface area contributed by atoms with E-state index in [9.17, 15) is 27.6 Å². The van der Waals surface area contributed by atoms with Gasteiger partial charge in [-0.25, -0.2) is 9.78 Å². The van der Waals surface area contributed by atoms with Gasteiger partial charge in [-0.1, -0.05) is 58.9 Å². The number of urea groups is 1. The van der Waals surface area contributed by atoms with E-state index < -0.39 is 59.5 Å². The first kappa shape index (κ1) is 38.9. The van der Waals surface area contributed by atoms with Crippen molar-refractivity contribution in [3.8, 4) is 0 Å². The summed E-state index contributed by atoms with van der Waals surface area (Å²) in [6.07, 6.45) is -0.854. The molecular weight excluding hydrogens is 712 g/mol. The van der Waals surface area contributed by atoms with E-state index in [-0.39, 0.29) is 36.0 Å². The summed E-state index contributed by atoms with van der Waals surface area (Å²) in [7, 11) is -0.687. The summed E-state index contributed by atoms with van der Waals surface area (Å²) in [6.45, 7) is 14.4. The minimum absolute atomic E-state index is 0.00103. The maximum Gasteiger partial charge on any atom is 0.481 e. The molecule has 4 fully saturated rings. The lowest BCUT2D eigenvalue weighted by atomic mass is 9.43. The molecule has 4 N–H and O–H groups in total. The summed E-state index contributed by atoms with van der Waals surface area (Å²) in [5.74, 6) is 0.370. The lowest BCUT2D eigenvalue weighted by molar-refractivity contribution is -0.199. The molecule has 294 valence electrons. The van der Waals surface area contributed by atoms with Crippen LogP contribution in [0.3, 0.4) is 0 Å². The van der Waals surface area contributed by atoms with Gasteiger partial charge in [-0.15, -0.1) is 0 Å². The molecular formula is C40H50BF3N6O5. The van der Waals surface area contributed by atoms with Gasteiger partial charge in [0.2, 0.25) is 5.91 Å². The van der Waals surface area contributed by atoms with Gasteiger partial charge in [-0.3, -0.25) is 14.2 Å². The maximum atomic E-state index is 14.4. The molecule has 2 aliphatic heterocycles. The average Bonchev–Trinajstić information content (AvgIpc) is 3.64. The van der Waals surface area contributed by atoms with Gasteiger partial charge in [-0.05, 0) is 91.7 Å². The Hall–Kier alpha value is -4.37. The number of nitrogens with zero attached hydrogens (tertiary/aromatic N) is 2. The lowest BCUT2D eigenvalue weighted by Gasteiger charge is -2.64. The molecule has 7 atom stereocenters. The van der Waals surface area contributed by atoms with Gasteiger partial charge in [0.05, 0.1) is 34.9 Å². The molecule has 3 saturated carbocycles. The summed E-state index contributed by atoms with van der Waals surface area (Å²) >= 11 is 0. The molecule has 15 heteroatoms. The summed E-state index contributed by atoms with van der Waals surface area (Å²) in [6, 6.07) is 10.6. The molecule has 0 radical (unpaired) electrons. The van der Waals surface area contributed by atoms with Crippen molar-refractivity contribution in [2.24, 2.45) is 17.3 Å². The van der Waals surface area contributed by atoms with Crippen molar-refractivity contribution in [3.05, 3.63) is 87.6 Å². The van der Waals surface area contributed by atoms with Crippen molar-refractivity contribution >= 4 is 30.4 Å². The van der Waals surface area contributed by atoms with Crippen molar-refractivity contribution in [1.29, 1.82) is 0 Å². The van der Waals surface area contributed by atoms with Crippen LogP contribution in [-0.4, -0.2) is 46.3 Å². The highest BCUT2D eigenvalue weighted by Crippen LogP contribution is 2.65. The largest absolute Gasteiger partial charge is 0.481 e. The molecule has 3 aromatic rings. The molecule has 5 aliphatic rings. The minimum atomic E-state index is -4.52. The average molecular weight is 763 g/mol. The number of aromatic nitrogens is 2. The van der Waals surface area contributed by atoms with Crippen LogP contribution in [0.5, 0.6) is 0 Å². The zero-order chi connectivity index (χ0) is 39.7. The van der Waals surface area contributed by atoms with Crippen molar-refractivity contribution in [2.75, 3.05) is 10.6 Å². The monoisotopic (exact) mass is 762 g/mol. The van der Waals surface area contributed by atoms with E-state index in [2.05, 4.69) is 60.9 Å². The fourth-order valence-corrected chi connectivity index (χ4v) is 9.31. The number of halogens is 3. The molecule has 1 saturated heterocycles. The summed E-state index contributed by atoms with van der Waals surface area (Å²) < 4.78 is 54.6. The second-order valence-corrected chi connectivity index (χ2v) is 17.0. The molecule has 3 heterocycles. The lowest BCUT2D eigenvalue weighted by Crippen LogP contribution is -2.65. The summed E-state index contributed by atoms with van der Waals surface area (Å²) in [4.78, 5) is 46.6. The number of amides is 3. The normalized spacial score (nSPS) is 28.2. The van der Waals surface area contributed by atoms with Crippen molar-refractivity contribution in [2.45, 2.75) is 122 Å². The Kier molecular flexibility index (Phi) is 9.89. The van der Waals surface area contributed by atoms with Crippen LogP contribution in [0.2, 0.25) is 0 Å². The molecule has 2 aromatic carbocycles. The number of hydrogen-bond donors (Lipinski definition) is 4. The van der Waals surface area contributed by atoms with Gasteiger partial charge in [0.1, 0.15) is 17.6 Å². The topological polar surface area (TPSA) is 136 Å². The van der Waals surface area contributed by atoms with Crippen LogP contribution in [0.15, 0.2) is 59.5 Å². The van der Waals surface area contributed by atoms with Crippen LogP contribution in [0, 0.1) is 17.3 Å². The highest BCUT2D eigenvalue weighted by Gasteiger charge is 2.68. The molecule has 2 bridgehead atoms. The van der Waals surface area contributed by atoms with E-state index in [1.807, 2.05) is 19.1 Å². The molecule has 0 spiro atoms. The molecule has 11 nitrogen and oxygen atoms in total. The highest BCUT2D eigenvalue weighted by molar-refractivity contribution is 6.47. The van der Waals surface area contributed by atoms with Crippen LogP contribution in [-0.2, 0) is 32.4 Å². The predicted molar refractivity (Wildman–Crippen MR) is 203 cm³/mol. The minimum Gasteiger partial charge on any atom is -0.404 e. The number of carbonyl (C=O) groups is 2. The molecule has 0 unspecified atom stereocenters. The first-order valence-corrected chi connectivity index (χ1v) is 19.2. The standard InChI is InChI=1S/C40H50BF3N6O5/c1-8-32(41-54-31-18-26-17-30(37(26,4)5)39(31,7)55-41)48-33(51)29-19-38(6,49-36(53)47-27-14-12-24(13-15-27)22(2)3)35-46-21-28(34(52)50(29)35)45-20-23-10-9-11-25(16-23)40(42,43)44/h9-16,21-22,26,29-32,45H,8,17-20H2,1-7H3,(H,48,51)(H2,47,49,53)/t26-,29-,30-,31+,32-,38+,39-/m0/s1. The van der Waals surface area contributed by atoms with Crippen LogP contribution < -0.4 is 26.8 Å². The van der Waals surface area contributed by atoms with E-state index >= 15 is 0 Å². The Morgan fingerprint density at radius 3 is 2.45 bits per heavy atom. The van der Waals surface area contributed by atoms with Crippen molar-refractivity contribution in [1.82, 2.24) is 20.2 Å². The van der Waals surface area contributed by atoms with Gasteiger partial charge >= 0.3 is 19.3 Å². The maximum absolute atomic E-state index is 14.4. The zero-order valence-corrected chi connectivity index (χ0v) is 32.3. The quantitative estimate of drug-likeness (QED) is 0.161. The van der Waals surface area contributed by atoms with Crippen LogP contribution >= 0.6 is 0 Å². The third-order valence-corrected chi connectivity index (χ3v) is 12.7. The van der Waals surface area contributed by atoms with E-state index in [1.54, 1.807) is 19.1 Å². The smallest absolute Gasteiger partial charge is 0.404 e. The Labute approximate surface area is 319 Å². The van der Waals surface area contributed by atoms with E-state index in [4.69, 9.17) is 9.31 Å². The first-order chi connectivity index (χ1) is 25.8. The van der Waals surface area contributed by atoms with E-state index in [1.165, 1.54) is 22.9 Å². The number of benzene rings is 2. The summed E-state index contributed by atoms with van der Waals surface area (Å²) in [5.41, 5.74) is -1.04. The third kappa shape index (κ3) is 7.02. The molecule has 3 aliphatic carbocycles. The van der Waals surface area contributed by atoms with Gasteiger partial charge in [0, 0.05) is 18.7 Å². The van der Waals surface area contributed by atoms with Gasteiger partial charge < -0.3 is 30.6 Å². The number of hydrogen-bond acceptors (Lipinski definition) is 7. The molecule has 55 heavy (non-hydrogen) atoms. The van der Waals surface area contributed by atoms with E-state index in [0.717, 1.165) is 30.5 Å². The Morgan fingerprint density at radius 1 is 1.07 bits per heavy atom. The van der Waals surface area contributed by atoms with Crippen LogP contribution in [0.4, 0.5) is 29.3 Å². The first-order valence-electron chi connectivity index (χ1n) is 19.2. The number of fused-ring (bicyclic) bond motifs is 1. The molecule has 8 rings (SSSR count). The fraction of sp³-hybridized carbons (Fsp3) is 0.550.